The number of rotatable bonds is 3. The Morgan fingerprint density at radius 1 is 0.906 bits per heavy atom. The number of hydrogen-bond donors (Lipinski definition) is 1. The summed E-state index contributed by atoms with van der Waals surface area (Å²) < 4.78 is 13.5. The summed E-state index contributed by atoms with van der Waals surface area (Å²) in [6.07, 6.45) is 3.12. The molecule has 1 aliphatic rings. The van der Waals surface area contributed by atoms with Gasteiger partial charge in [-0.05, 0) is 52.7 Å². The average Bonchev–Trinajstić information content (AvgIpc) is 3.10. The number of aliphatic hydroxyl groups excluding tert-OH is 1. The van der Waals surface area contributed by atoms with Crippen molar-refractivity contribution in [2.45, 2.75) is 6.04 Å². The molecule has 1 atom stereocenters. The predicted molar refractivity (Wildman–Crippen MR) is 119 cm³/mol. The van der Waals surface area contributed by atoms with Gasteiger partial charge >= 0.3 is 0 Å². The van der Waals surface area contributed by atoms with Crippen LogP contribution >= 0.6 is 0 Å². The summed E-state index contributed by atoms with van der Waals surface area (Å²) in [5.74, 6) is -2.34. The van der Waals surface area contributed by atoms with Crippen LogP contribution in [0.4, 0.5) is 10.1 Å². The van der Waals surface area contributed by atoms with Crippen molar-refractivity contribution in [1.82, 2.24) is 4.98 Å². The van der Waals surface area contributed by atoms with Crippen molar-refractivity contribution in [3.8, 4) is 0 Å². The van der Waals surface area contributed by atoms with E-state index in [2.05, 4.69) is 4.98 Å². The maximum absolute atomic E-state index is 13.5. The topological polar surface area (TPSA) is 70.5 Å². The fraction of sp³-hybridized carbons (Fsp3) is 0.0385. The molecule has 6 heteroatoms. The molecule has 5 rings (SSSR count). The lowest BCUT2D eigenvalue weighted by Gasteiger charge is -2.25. The first-order valence-electron chi connectivity index (χ1n) is 10.0. The Morgan fingerprint density at radius 2 is 1.66 bits per heavy atom. The van der Waals surface area contributed by atoms with E-state index in [9.17, 15) is 19.1 Å². The number of pyridine rings is 1. The van der Waals surface area contributed by atoms with Gasteiger partial charge in [-0.15, -0.1) is 0 Å². The van der Waals surface area contributed by atoms with Crippen LogP contribution in [0.3, 0.4) is 0 Å². The zero-order valence-electron chi connectivity index (χ0n) is 16.8. The summed E-state index contributed by atoms with van der Waals surface area (Å²) >= 11 is 0. The van der Waals surface area contributed by atoms with Crippen molar-refractivity contribution in [2.24, 2.45) is 0 Å². The Bertz CT molecular complexity index is 1380. The number of amides is 1. The molecule has 0 radical (unpaired) electrons. The molecule has 4 aromatic rings. The fourth-order valence-electron chi connectivity index (χ4n) is 4.05. The standard InChI is InChI=1S/C26H17FN2O3/c27-20-9-11-21(12-10-20)29-23(19-6-3-13-28-15-19)22(25(31)26(29)32)24(30)18-8-7-16-4-1-2-5-17(16)14-18/h1-15,23,30H/b24-22-. The van der Waals surface area contributed by atoms with E-state index in [1.54, 1.807) is 36.7 Å². The van der Waals surface area contributed by atoms with Gasteiger partial charge in [0.15, 0.2) is 0 Å². The number of hydrogen-bond acceptors (Lipinski definition) is 4. The number of halogens is 1. The molecule has 3 aromatic carbocycles. The molecule has 156 valence electrons. The smallest absolute Gasteiger partial charge is 0.300 e. The van der Waals surface area contributed by atoms with Crippen molar-refractivity contribution >= 4 is 33.9 Å². The van der Waals surface area contributed by atoms with Crippen molar-refractivity contribution < 1.29 is 19.1 Å². The van der Waals surface area contributed by atoms with Gasteiger partial charge in [-0.1, -0.05) is 42.5 Å². The maximum Gasteiger partial charge on any atom is 0.300 e. The van der Waals surface area contributed by atoms with Crippen LogP contribution in [0.5, 0.6) is 0 Å². The van der Waals surface area contributed by atoms with Gasteiger partial charge in [-0.3, -0.25) is 19.5 Å². The highest BCUT2D eigenvalue weighted by Crippen LogP contribution is 2.42. The molecule has 5 nitrogen and oxygen atoms in total. The second-order valence-corrected chi connectivity index (χ2v) is 7.49. The summed E-state index contributed by atoms with van der Waals surface area (Å²) in [6, 6.07) is 20.8. The number of nitrogens with zero attached hydrogens (tertiary/aromatic N) is 2. The number of Topliss-reactive ketones (excluding diaryl/α,β-unsaturated/α-hetero) is 1. The molecule has 1 N–H and O–H groups in total. The van der Waals surface area contributed by atoms with Gasteiger partial charge in [0.2, 0.25) is 0 Å². The molecule has 1 amide bonds. The molecular weight excluding hydrogens is 407 g/mol. The Morgan fingerprint density at radius 3 is 2.38 bits per heavy atom. The predicted octanol–water partition coefficient (Wildman–Crippen LogP) is 5.00. The second-order valence-electron chi connectivity index (χ2n) is 7.49. The van der Waals surface area contributed by atoms with Gasteiger partial charge in [0.05, 0.1) is 11.6 Å². The number of anilines is 1. The number of carbonyl (C=O) groups excluding carboxylic acids is 2. The Kier molecular flexibility index (Phi) is 4.75. The molecule has 0 aliphatic carbocycles. The molecule has 1 unspecified atom stereocenters. The molecule has 1 aromatic heterocycles. The summed E-state index contributed by atoms with van der Waals surface area (Å²) in [6.45, 7) is 0. The Labute approximate surface area is 183 Å². The first kappa shape index (κ1) is 19.6. The van der Waals surface area contributed by atoms with E-state index in [1.807, 2.05) is 30.3 Å². The van der Waals surface area contributed by atoms with Crippen LogP contribution in [0, 0.1) is 5.82 Å². The van der Waals surface area contributed by atoms with Crippen LogP contribution in [0.25, 0.3) is 16.5 Å². The molecule has 0 bridgehead atoms. The molecule has 32 heavy (non-hydrogen) atoms. The Balaban J connectivity index is 1.72. The lowest BCUT2D eigenvalue weighted by Crippen LogP contribution is -2.29. The van der Waals surface area contributed by atoms with Crippen LogP contribution in [-0.4, -0.2) is 21.8 Å². The number of aromatic nitrogens is 1. The lowest BCUT2D eigenvalue weighted by molar-refractivity contribution is -0.132. The molecule has 1 aliphatic heterocycles. The minimum absolute atomic E-state index is 0.0393. The molecule has 2 heterocycles. The van der Waals surface area contributed by atoms with E-state index in [0.29, 0.717) is 16.8 Å². The van der Waals surface area contributed by atoms with E-state index in [-0.39, 0.29) is 11.3 Å². The van der Waals surface area contributed by atoms with Crippen LogP contribution in [0.15, 0.2) is 96.8 Å². The van der Waals surface area contributed by atoms with Gasteiger partial charge in [0.25, 0.3) is 11.7 Å². The summed E-state index contributed by atoms with van der Waals surface area (Å²) in [4.78, 5) is 31.5. The molecular formula is C26H17FN2O3. The zero-order valence-corrected chi connectivity index (χ0v) is 16.8. The van der Waals surface area contributed by atoms with E-state index in [1.165, 1.54) is 29.2 Å². The number of carbonyl (C=O) groups is 2. The molecule has 0 saturated carbocycles. The van der Waals surface area contributed by atoms with E-state index >= 15 is 0 Å². The minimum atomic E-state index is -0.902. The van der Waals surface area contributed by atoms with Gasteiger partial charge in [-0.2, -0.15) is 0 Å². The number of ketones is 1. The van der Waals surface area contributed by atoms with Crippen LogP contribution in [-0.2, 0) is 9.59 Å². The summed E-state index contributed by atoms with van der Waals surface area (Å²) in [7, 11) is 0. The van der Waals surface area contributed by atoms with Gasteiger partial charge in [0.1, 0.15) is 11.6 Å². The molecule has 0 spiro atoms. The first-order chi connectivity index (χ1) is 15.5. The van der Waals surface area contributed by atoms with Gasteiger partial charge in [0, 0.05) is 23.6 Å². The van der Waals surface area contributed by atoms with E-state index in [0.717, 1.165) is 10.8 Å². The quantitative estimate of drug-likeness (QED) is 0.285. The van der Waals surface area contributed by atoms with Crippen LogP contribution < -0.4 is 4.90 Å². The largest absolute Gasteiger partial charge is 0.507 e. The lowest BCUT2D eigenvalue weighted by atomic mass is 9.95. The van der Waals surface area contributed by atoms with Crippen molar-refractivity contribution in [2.75, 3.05) is 4.90 Å². The van der Waals surface area contributed by atoms with Crippen LogP contribution in [0.2, 0.25) is 0 Å². The van der Waals surface area contributed by atoms with Crippen LogP contribution in [0.1, 0.15) is 17.2 Å². The number of fused-ring (bicyclic) bond motifs is 1. The van der Waals surface area contributed by atoms with Gasteiger partial charge in [-0.25, -0.2) is 4.39 Å². The molecule has 1 saturated heterocycles. The summed E-state index contributed by atoms with van der Waals surface area (Å²) in [5.41, 5.74) is 1.29. The average molecular weight is 424 g/mol. The van der Waals surface area contributed by atoms with Crippen molar-refractivity contribution in [3.63, 3.8) is 0 Å². The minimum Gasteiger partial charge on any atom is -0.507 e. The fourth-order valence-corrected chi connectivity index (χ4v) is 4.05. The highest BCUT2D eigenvalue weighted by Gasteiger charge is 2.47. The second kappa shape index (κ2) is 7.74. The zero-order chi connectivity index (χ0) is 22.2. The van der Waals surface area contributed by atoms with E-state index < -0.39 is 23.5 Å². The first-order valence-corrected chi connectivity index (χ1v) is 10.0. The van der Waals surface area contributed by atoms with E-state index in [4.69, 9.17) is 0 Å². The monoisotopic (exact) mass is 424 g/mol. The maximum atomic E-state index is 13.5. The number of aliphatic hydroxyl groups is 1. The summed E-state index contributed by atoms with van der Waals surface area (Å²) in [5, 5.41) is 13.1. The molecule has 1 fully saturated rings. The van der Waals surface area contributed by atoms with Crippen molar-refractivity contribution in [1.29, 1.82) is 0 Å². The third kappa shape index (κ3) is 3.22. The third-order valence-corrected chi connectivity index (χ3v) is 5.57. The third-order valence-electron chi connectivity index (χ3n) is 5.57. The highest BCUT2D eigenvalue weighted by molar-refractivity contribution is 6.51. The number of benzene rings is 3. The normalized spacial score (nSPS) is 17.8. The Hall–Kier alpha value is -4.32. The highest BCUT2D eigenvalue weighted by atomic mass is 19.1. The van der Waals surface area contributed by atoms with Crippen molar-refractivity contribution in [3.05, 3.63) is 114 Å². The SMILES string of the molecule is O=C1C(=O)N(c2ccc(F)cc2)C(c2cccnc2)/C1=C(/O)c1ccc2ccccc2c1. The van der Waals surface area contributed by atoms with Gasteiger partial charge < -0.3 is 5.11 Å².